The number of amides is 1. The molecule has 6 heteroatoms. The molecule has 0 spiro atoms. The van der Waals surface area contributed by atoms with Crippen molar-refractivity contribution >= 4 is 28.8 Å². The fourth-order valence-corrected chi connectivity index (χ4v) is 1.89. The Labute approximate surface area is 118 Å². The van der Waals surface area contributed by atoms with Gasteiger partial charge in [0.25, 0.3) is 0 Å². The first-order valence-corrected chi connectivity index (χ1v) is 6.36. The predicted molar refractivity (Wildman–Crippen MR) is 80.8 cm³/mol. The largest absolute Gasteiger partial charge is 0.497 e. The summed E-state index contributed by atoms with van der Waals surface area (Å²) in [4.78, 5) is 13.7. The summed E-state index contributed by atoms with van der Waals surface area (Å²) < 4.78 is 5.18. The standard InChI is InChI=1S/C13H19N3O2S/c1-4-15-12(17)8-16(2)11-7-9(18-3)5-6-10(11)13(14)19/h5-7H,4,8H2,1-3H3,(H2,14,19)(H,15,17). The molecule has 0 atom stereocenters. The molecule has 1 amide bonds. The molecule has 1 aromatic rings. The van der Waals surface area contributed by atoms with Gasteiger partial charge in [-0.2, -0.15) is 0 Å². The number of nitrogens with two attached hydrogens (primary N) is 1. The monoisotopic (exact) mass is 281 g/mol. The highest BCUT2D eigenvalue weighted by molar-refractivity contribution is 7.80. The van der Waals surface area contributed by atoms with Gasteiger partial charge in [0.2, 0.25) is 5.91 Å². The van der Waals surface area contributed by atoms with Gasteiger partial charge in [-0.25, -0.2) is 0 Å². The lowest BCUT2D eigenvalue weighted by Crippen LogP contribution is -2.35. The number of ether oxygens (including phenoxy) is 1. The zero-order valence-electron chi connectivity index (χ0n) is 11.4. The van der Waals surface area contributed by atoms with Crippen molar-refractivity contribution in [3.05, 3.63) is 23.8 Å². The number of thiocarbonyl (C=S) groups is 1. The Bertz CT molecular complexity index is 477. The lowest BCUT2D eigenvalue weighted by Gasteiger charge is -2.22. The van der Waals surface area contributed by atoms with Crippen LogP contribution in [0.1, 0.15) is 12.5 Å². The number of nitrogens with one attached hydrogen (secondary N) is 1. The number of carbonyl (C=O) groups is 1. The minimum atomic E-state index is -0.0540. The van der Waals surface area contributed by atoms with Crippen molar-refractivity contribution in [3.8, 4) is 5.75 Å². The van der Waals surface area contributed by atoms with Crippen LogP contribution in [-0.4, -0.2) is 38.1 Å². The topological polar surface area (TPSA) is 67.6 Å². The van der Waals surface area contributed by atoms with E-state index in [1.54, 1.807) is 24.1 Å². The second kappa shape index (κ2) is 6.94. The highest BCUT2D eigenvalue weighted by Crippen LogP contribution is 2.25. The van der Waals surface area contributed by atoms with Crippen molar-refractivity contribution in [1.29, 1.82) is 0 Å². The van der Waals surface area contributed by atoms with E-state index < -0.39 is 0 Å². The molecular formula is C13H19N3O2S. The Morgan fingerprint density at radius 1 is 1.53 bits per heavy atom. The number of hydrogen-bond acceptors (Lipinski definition) is 4. The van der Waals surface area contributed by atoms with Crippen molar-refractivity contribution in [2.45, 2.75) is 6.92 Å². The van der Waals surface area contributed by atoms with Crippen LogP contribution in [0.15, 0.2) is 18.2 Å². The highest BCUT2D eigenvalue weighted by Gasteiger charge is 2.13. The van der Waals surface area contributed by atoms with E-state index in [4.69, 9.17) is 22.7 Å². The smallest absolute Gasteiger partial charge is 0.239 e. The van der Waals surface area contributed by atoms with E-state index in [-0.39, 0.29) is 12.5 Å². The van der Waals surface area contributed by atoms with Crippen molar-refractivity contribution in [3.63, 3.8) is 0 Å². The van der Waals surface area contributed by atoms with E-state index >= 15 is 0 Å². The first kappa shape index (κ1) is 15.2. The molecule has 19 heavy (non-hydrogen) atoms. The summed E-state index contributed by atoms with van der Waals surface area (Å²) in [5.74, 6) is 0.638. The second-order valence-electron chi connectivity index (χ2n) is 4.06. The van der Waals surface area contributed by atoms with Gasteiger partial charge in [0.15, 0.2) is 0 Å². The van der Waals surface area contributed by atoms with Crippen LogP contribution in [0, 0.1) is 0 Å². The molecule has 5 nitrogen and oxygen atoms in total. The third-order valence-electron chi connectivity index (χ3n) is 2.64. The summed E-state index contributed by atoms with van der Waals surface area (Å²) in [5, 5.41) is 2.75. The lowest BCUT2D eigenvalue weighted by atomic mass is 10.1. The molecule has 104 valence electrons. The van der Waals surface area contributed by atoms with Gasteiger partial charge < -0.3 is 20.7 Å². The van der Waals surface area contributed by atoms with E-state index in [1.165, 1.54) is 0 Å². The third-order valence-corrected chi connectivity index (χ3v) is 2.86. The lowest BCUT2D eigenvalue weighted by molar-refractivity contribution is -0.119. The average Bonchev–Trinajstić information content (AvgIpc) is 2.37. The number of likely N-dealkylation sites (N-methyl/N-ethyl adjacent to an activating group) is 2. The molecule has 0 aliphatic rings. The van der Waals surface area contributed by atoms with Gasteiger partial charge in [-0.3, -0.25) is 4.79 Å². The van der Waals surface area contributed by atoms with Crippen LogP contribution in [0.5, 0.6) is 5.75 Å². The Morgan fingerprint density at radius 3 is 2.74 bits per heavy atom. The molecule has 3 N–H and O–H groups in total. The van der Waals surface area contributed by atoms with E-state index in [9.17, 15) is 4.79 Å². The fraction of sp³-hybridized carbons (Fsp3) is 0.385. The van der Waals surface area contributed by atoms with E-state index in [0.717, 1.165) is 11.3 Å². The number of benzene rings is 1. The third kappa shape index (κ3) is 4.10. The van der Waals surface area contributed by atoms with Crippen LogP contribution in [-0.2, 0) is 4.79 Å². The Balaban J connectivity index is 3.01. The summed E-state index contributed by atoms with van der Waals surface area (Å²) >= 11 is 5.02. The number of hydrogen-bond donors (Lipinski definition) is 2. The van der Waals surface area contributed by atoms with Crippen LogP contribution in [0.2, 0.25) is 0 Å². The molecule has 0 heterocycles. The van der Waals surface area contributed by atoms with Crippen LogP contribution < -0.4 is 20.7 Å². The van der Waals surface area contributed by atoms with Gasteiger partial charge in [-0.15, -0.1) is 0 Å². The van der Waals surface area contributed by atoms with Crippen molar-refractivity contribution < 1.29 is 9.53 Å². The maximum atomic E-state index is 11.6. The quantitative estimate of drug-likeness (QED) is 0.758. The van der Waals surface area contributed by atoms with Gasteiger partial charge in [0.1, 0.15) is 10.7 Å². The van der Waals surface area contributed by atoms with Crippen molar-refractivity contribution in [2.24, 2.45) is 5.73 Å². The minimum Gasteiger partial charge on any atom is -0.497 e. The van der Waals surface area contributed by atoms with Gasteiger partial charge in [-0.1, -0.05) is 12.2 Å². The van der Waals surface area contributed by atoms with E-state index in [1.807, 2.05) is 20.0 Å². The van der Waals surface area contributed by atoms with Crippen LogP contribution in [0.4, 0.5) is 5.69 Å². The number of methoxy groups -OCH3 is 1. The summed E-state index contributed by atoms with van der Waals surface area (Å²) in [7, 11) is 3.40. The summed E-state index contributed by atoms with van der Waals surface area (Å²) in [5.41, 5.74) is 7.20. The van der Waals surface area contributed by atoms with Crippen LogP contribution >= 0.6 is 12.2 Å². The highest BCUT2D eigenvalue weighted by atomic mass is 32.1. The SMILES string of the molecule is CCNC(=O)CN(C)c1cc(OC)ccc1C(N)=S. The van der Waals surface area contributed by atoms with E-state index in [2.05, 4.69) is 5.32 Å². The summed E-state index contributed by atoms with van der Waals surface area (Å²) in [6.07, 6.45) is 0. The van der Waals surface area contributed by atoms with Crippen molar-refractivity contribution in [1.82, 2.24) is 5.32 Å². The maximum Gasteiger partial charge on any atom is 0.239 e. The second-order valence-corrected chi connectivity index (χ2v) is 4.50. The molecule has 0 saturated heterocycles. The van der Waals surface area contributed by atoms with E-state index in [0.29, 0.717) is 17.3 Å². The predicted octanol–water partition coefficient (Wildman–Crippen LogP) is 0.902. The molecule has 0 fully saturated rings. The molecule has 0 radical (unpaired) electrons. The molecular weight excluding hydrogens is 262 g/mol. The number of rotatable bonds is 6. The van der Waals surface area contributed by atoms with Crippen molar-refractivity contribution in [2.75, 3.05) is 32.1 Å². The van der Waals surface area contributed by atoms with Gasteiger partial charge in [0, 0.05) is 25.2 Å². The first-order valence-electron chi connectivity index (χ1n) is 5.95. The average molecular weight is 281 g/mol. The van der Waals surface area contributed by atoms with Gasteiger partial charge in [0.05, 0.1) is 19.3 Å². The number of anilines is 1. The number of carbonyl (C=O) groups excluding carboxylic acids is 1. The van der Waals surface area contributed by atoms with Gasteiger partial charge >= 0.3 is 0 Å². The summed E-state index contributed by atoms with van der Waals surface area (Å²) in [6, 6.07) is 5.40. The molecule has 0 aromatic heterocycles. The number of nitrogens with zero attached hydrogens (tertiary/aromatic N) is 1. The molecule has 0 aliphatic carbocycles. The fourth-order valence-electron chi connectivity index (χ4n) is 1.72. The zero-order chi connectivity index (χ0) is 14.4. The zero-order valence-corrected chi connectivity index (χ0v) is 12.2. The van der Waals surface area contributed by atoms with Crippen LogP contribution in [0.3, 0.4) is 0 Å². The Hall–Kier alpha value is -1.82. The maximum absolute atomic E-state index is 11.6. The Morgan fingerprint density at radius 2 is 2.21 bits per heavy atom. The molecule has 1 rings (SSSR count). The molecule has 1 aromatic carbocycles. The van der Waals surface area contributed by atoms with Gasteiger partial charge in [-0.05, 0) is 19.1 Å². The van der Waals surface area contributed by atoms with Crippen LogP contribution in [0.25, 0.3) is 0 Å². The molecule has 0 saturated carbocycles. The molecule has 0 aliphatic heterocycles. The normalized spacial score (nSPS) is 9.84. The minimum absolute atomic E-state index is 0.0540. The Kier molecular flexibility index (Phi) is 5.57. The summed E-state index contributed by atoms with van der Waals surface area (Å²) in [6.45, 7) is 2.72. The molecule has 0 unspecified atom stereocenters. The molecule has 0 bridgehead atoms. The first-order chi connectivity index (χ1) is 8.99.